The van der Waals surface area contributed by atoms with Crippen molar-refractivity contribution < 1.29 is 4.74 Å². The number of hydrogen-bond donors (Lipinski definition) is 0. The van der Waals surface area contributed by atoms with Crippen molar-refractivity contribution >= 4 is 11.6 Å². The molecule has 1 atom stereocenters. The maximum Gasteiger partial charge on any atom is 0.120 e. The van der Waals surface area contributed by atoms with Crippen molar-refractivity contribution in [1.29, 1.82) is 0 Å². The van der Waals surface area contributed by atoms with Crippen molar-refractivity contribution in [2.24, 2.45) is 0 Å². The van der Waals surface area contributed by atoms with E-state index in [-0.39, 0.29) is 0 Å². The Morgan fingerprint density at radius 3 is 2.86 bits per heavy atom. The molecule has 0 saturated heterocycles. The van der Waals surface area contributed by atoms with Crippen LogP contribution in [0.4, 0.5) is 0 Å². The zero-order valence-electron chi connectivity index (χ0n) is 12.7. The first-order valence-electron chi connectivity index (χ1n) is 7.64. The van der Waals surface area contributed by atoms with Gasteiger partial charge >= 0.3 is 0 Å². The summed E-state index contributed by atoms with van der Waals surface area (Å²) in [7, 11) is 0. The van der Waals surface area contributed by atoms with Crippen LogP contribution in [0.3, 0.4) is 0 Å². The third kappa shape index (κ3) is 3.24. The van der Waals surface area contributed by atoms with E-state index in [2.05, 4.69) is 31.2 Å². The Kier molecular flexibility index (Phi) is 4.21. The molecule has 0 aromatic heterocycles. The zero-order valence-corrected chi connectivity index (χ0v) is 13.4. The Morgan fingerprint density at radius 2 is 2.05 bits per heavy atom. The second kappa shape index (κ2) is 6.11. The van der Waals surface area contributed by atoms with Gasteiger partial charge in [0.2, 0.25) is 0 Å². The summed E-state index contributed by atoms with van der Waals surface area (Å²) in [6.07, 6.45) is 3.78. The summed E-state index contributed by atoms with van der Waals surface area (Å²) in [5, 5.41) is 0.779. The predicted octanol–water partition coefficient (Wildman–Crippen LogP) is 5.67. The first-order chi connectivity index (χ1) is 10.1. The molecule has 0 aliphatic heterocycles. The molecule has 2 aromatic carbocycles. The van der Waals surface area contributed by atoms with Crippen molar-refractivity contribution in [3.63, 3.8) is 0 Å². The van der Waals surface area contributed by atoms with Crippen molar-refractivity contribution in [1.82, 2.24) is 0 Å². The Bertz CT molecular complexity index is 648. The van der Waals surface area contributed by atoms with E-state index in [0.29, 0.717) is 12.5 Å². The second-order valence-electron chi connectivity index (χ2n) is 6.04. The van der Waals surface area contributed by atoms with E-state index in [1.54, 1.807) is 0 Å². The second-order valence-corrected chi connectivity index (χ2v) is 6.44. The highest BCUT2D eigenvalue weighted by atomic mass is 35.5. The fourth-order valence-electron chi connectivity index (χ4n) is 3.03. The summed E-state index contributed by atoms with van der Waals surface area (Å²) in [6.45, 7) is 4.87. The van der Waals surface area contributed by atoms with Crippen LogP contribution < -0.4 is 4.74 Å². The van der Waals surface area contributed by atoms with Crippen LogP contribution in [0.15, 0.2) is 36.4 Å². The lowest BCUT2D eigenvalue weighted by atomic mass is 9.84. The third-order valence-electron chi connectivity index (χ3n) is 4.33. The molecule has 1 aliphatic rings. The predicted molar refractivity (Wildman–Crippen MR) is 88.3 cm³/mol. The highest BCUT2D eigenvalue weighted by Gasteiger charge is 2.16. The molecule has 21 heavy (non-hydrogen) atoms. The molecule has 3 rings (SSSR count). The van der Waals surface area contributed by atoms with Gasteiger partial charge in [0.05, 0.1) is 0 Å². The van der Waals surface area contributed by atoms with Gasteiger partial charge in [-0.05, 0) is 67.0 Å². The van der Waals surface area contributed by atoms with Gasteiger partial charge in [-0.3, -0.25) is 0 Å². The normalized spacial score (nSPS) is 17.4. The molecular weight excluding hydrogens is 280 g/mol. The smallest absolute Gasteiger partial charge is 0.120 e. The molecule has 0 heterocycles. The fourth-order valence-corrected chi connectivity index (χ4v) is 3.32. The molecular formula is C19H21ClO. The molecule has 0 fully saturated rings. The molecule has 110 valence electrons. The summed E-state index contributed by atoms with van der Waals surface area (Å²) in [6, 6.07) is 12.6. The van der Waals surface area contributed by atoms with Crippen LogP contribution in [0.1, 0.15) is 47.9 Å². The van der Waals surface area contributed by atoms with Crippen LogP contribution in [0.2, 0.25) is 5.02 Å². The Labute approximate surface area is 131 Å². The maximum absolute atomic E-state index is 6.25. The van der Waals surface area contributed by atoms with Gasteiger partial charge in [0.1, 0.15) is 12.4 Å². The van der Waals surface area contributed by atoms with E-state index in [0.717, 1.165) is 16.3 Å². The molecule has 0 amide bonds. The van der Waals surface area contributed by atoms with Gasteiger partial charge < -0.3 is 4.74 Å². The van der Waals surface area contributed by atoms with Crippen molar-refractivity contribution in [3.8, 4) is 5.75 Å². The number of benzene rings is 2. The summed E-state index contributed by atoms with van der Waals surface area (Å²) in [4.78, 5) is 0. The Hall–Kier alpha value is -1.47. The highest BCUT2D eigenvalue weighted by molar-refractivity contribution is 6.31. The molecule has 0 radical (unpaired) electrons. The Balaban J connectivity index is 1.75. The minimum Gasteiger partial charge on any atom is -0.489 e. The first-order valence-corrected chi connectivity index (χ1v) is 8.02. The number of rotatable bonds is 3. The third-order valence-corrected chi connectivity index (χ3v) is 4.69. The van der Waals surface area contributed by atoms with E-state index < -0.39 is 0 Å². The van der Waals surface area contributed by atoms with E-state index in [9.17, 15) is 0 Å². The topological polar surface area (TPSA) is 9.23 Å². The van der Waals surface area contributed by atoms with Crippen LogP contribution in [-0.4, -0.2) is 0 Å². The lowest BCUT2D eigenvalue weighted by Crippen LogP contribution is -2.07. The van der Waals surface area contributed by atoms with Crippen LogP contribution in [-0.2, 0) is 13.0 Å². The van der Waals surface area contributed by atoms with Crippen LogP contribution in [0.25, 0.3) is 0 Å². The van der Waals surface area contributed by atoms with E-state index in [1.165, 1.54) is 36.0 Å². The molecule has 0 spiro atoms. The lowest BCUT2D eigenvalue weighted by Gasteiger charge is -2.23. The minimum atomic E-state index is 0.520. The van der Waals surface area contributed by atoms with E-state index in [1.807, 2.05) is 19.1 Å². The van der Waals surface area contributed by atoms with Gasteiger partial charge in [-0.1, -0.05) is 36.7 Å². The van der Waals surface area contributed by atoms with Gasteiger partial charge in [-0.15, -0.1) is 0 Å². The molecule has 1 unspecified atom stereocenters. The van der Waals surface area contributed by atoms with Crippen LogP contribution >= 0.6 is 11.6 Å². The number of fused-ring (bicyclic) bond motifs is 1. The Morgan fingerprint density at radius 1 is 1.19 bits per heavy atom. The molecule has 0 bridgehead atoms. The average molecular weight is 301 g/mol. The quantitative estimate of drug-likeness (QED) is 0.710. The molecule has 1 nitrogen and oxygen atoms in total. The molecule has 0 saturated carbocycles. The maximum atomic E-state index is 6.25. The van der Waals surface area contributed by atoms with Crippen LogP contribution in [0.5, 0.6) is 5.75 Å². The lowest BCUT2D eigenvalue weighted by molar-refractivity contribution is 0.305. The van der Waals surface area contributed by atoms with Gasteiger partial charge in [0, 0.05) is 10.6 Å². The summed E-state index contributed by atoms with van der Waals surface area (Å²) < 4.78 is 5.94. The van der Waals surface area contributed by atoms with Gasteiger partial charge in [-0.2, -0.15) is 0 Å². The minimum absolute atomic E-state index is 0.520. The first kappa shape index (κ1) is 14.5. The SMILES string of the molecule is Cc1ccc(COc2ccc3c(c2)C(C)CCC3)c(Cl)c1. The van der Waals surface area contributed by atoms with Gasteiger partial charge in [0.15, 0.2) is 0 Å². The highest BCUT2D eigenvalue weighted by Crippen LogP contribution is 2.33. The van der Waals surface area contributed by atoms with Gasteiger partial charge in [-0.25, -0.2) is 0 Å². The standard InChI is InChI=1S/C19H21ClO/c1-13-6-7-16(19(20)10-13)12-21-17-9-8-15-5-3-4-14(2)18(15)11-17/h6-11,14H,3-5,12H2,1-2H3. The van der Waals surface area contributed by atoms with E-state index >= 15 is 0 Å². The number of halogens is 1. The number of ether oxygens (including phenoxy) is 1. The van der Waals surface area contributed by atoms with Crippen molar-refractivity contribution in [3.05, 3.63) is 63.7 Å². The summed E-state index contributed by atoms with van der Waals surface area (Å²) >= 11 is 6.25. The summed E-state index contributed by atoms with van der Waals surface area (Å²) in [5.41, 5.74) is 5.14. The van der Waals surface area contributed by atoms with Crippen molar-refractivity contribution in [2.45, 2.75) is 45.6 Å². The largest absolute Gasteiger partial charge is 0.489 e. The van der Waals surface area contributed by atoms with E-state index in [4.69, 9.17) is 16.3 Å². The molecule has 1 aliphatic carbocycles. The van der Waals surface area contributed by atoms with Gasteiger partial charge in [0.25, 0.3) is 0 Å². The number of hydrogen-bond acceptors (Lipinski definition) is 1. The monoisotopic (exact) mass is 300 g/mol. The van der Waals surface area contributed by atoms with Crippen LogP contribution in [0, 0.1) is 6.92 Å². The van der Waals surface area contributed by atoms with Crippen molar-refractivity contribution in [2.75, 3.05) is 0 Å². The zero-order chi connectivity index (χ0) is 14.8. The fraction of sp³-hybridized carbons (Fsp3) is 0.368. The molecule has 0 N–H and O–H groups in total. The molecule has 2 aromatic rings. The summed E-state index contributed by atoms with van der Waals surface area (Å²) in [5.74, 6) is 1.58. The number of aryl methyl sites for hydroxylation is 2. The average Bonchev–Trinajstić information content (AvgIpc) is 2.47. The molecule has 2 heteroatoms.